The zero-order valence-electron chi connectivity index (χ0n) is 9.49. The topological polar surface area (TPSA) is 36.6 Å². The number of rotatable bonds is 5. The molecule has 1 aromatic carbocycles. The van der Waals surface area contributed by atoms with Gasteiger partial charge in [0, 0.05) is 0 Å². The summed E-state index contributed by atoms with van der Waals surface area (Å²) in [6.45, 7) is 3.71. The summed E-state index contributed by atoms with van der Waals surface area (Å²) < 4.78 is 5.34. The zero-order chi connectivity index (χ0) is 12.1. The molecule has 0 saturated carbocycles. The Balaban J connectivity index is 2.25. The monoisotopic (exact) mass is 229 g/mol. The molecule has 17 heavy (non-hydrogen) atoms. The molecular weight excluding hydrogens is 214 g/mol. The minimum absolute atomic E-state index is 0.245. The molecular formula is C14H15NO2. The lowest BCUT2D eigenvalue weighted by molar-refractivity contribution is 0.203. The smallest absolute Gasteiger partial charge is 0.129 e. The largest absolute Gasteiger partial charge is 0.467 e. The molecule has 0 aliphatic carbocycles. The van der Waals surface area contributed by atoms with Crippen molar-refractivity contribution < 1.29 is 9.62 Å². The fraction of sp³-hybridized carbons (Fsp3) is 0.143. The van der Waals surface area contributed by atoms with Crippen molar-refractivity contribution in [1.29, 1.82) is 0 Å². The second-order valence-corrected chi connectivity index (χ2v) is 3.74. The van der Waals surface area contributed by atoms with Crippen molar-refractivity contribution in [3.8, 4) is 0 Å². The van der Waals surface area contributed by atoms with E-state index in [2.05, 4.69) is 6.58 Å². The van der Waals surface area contributed by atoms with Crippen LogP contribution >= 0.6 is 0 Å². The van der Waals surface area contributed by atoms with Gasteiger partial charge in [0.15, 0.2) is 0 Å². The van der Waals surface area contributed by atoms with Crippen LogP contribution in [-0.2, 0) is 0 Å². The van der Waals surface area contributed by atoms with Gasteiger partial charge in [-0.2, -0.15) is 0 Å². The van der Waals surface area contributed by atoms with E-state index in [9.17, 15) is 5.21 Å². The highest BCUT2D eigenvalue weighted by atomic mass is 16.5. The normalized spacial score (nSPS) is 12.1. The molecule has 2 rings (SSSR count). The van der Waals surface area contributed by atoms with Crippen molar-refractivity contribution in [2.45, 2.75) is 12.5 Å². The standard InChI is InChI=1S/C14H15NO2/c1-2-7-13(14-10-6-11-17-14)15(16)12-8-4-3-5-9-12/h2-6,8-11,13,16H,1,7H2. The van der Waals surface area contributed by atoms with Crippen LogP contribution in [-0.4, -0.2) is 5.21 Å². The minimum atomic E-state index is -0.245. The first-order valence-corrected chi connectivity index (χ1v) is 5.50. The minimum Gasteiger partial charge on any atom is -0.467 e. The number of hydroxylamine groups is 1. The van der Waals surface area contributed by atoms with Gasteiger partial charge in [-0.25, -0.2) is 5.06 Å². The number of para-hydroxylation sites is 1. The summed E-state index contributed by atoms with van der Waals surface area (Å²) in [6, 6.07) is 12.8. The SMILES string of the molecule is C=CCC(c1ccco1)N(O)c1ccccc1. The molecule has 1 N–H and O–H groups in total. The van der Waals surface area contributed by atoms with Crippen molar-refractivity contribution in [2.24, 2.45) is 0 Å². The molecule has 0 bridgehead atoms. The third kappa shape index (κ3) is 2.57. The first kappa shape index (κ1) is 11.5. The fourth-order valence-corrected chi connectivity index (χ4v) is 1.74. The molecule has 88 valence electrons. The molecule has 0 amide bonds. The lowest BCUT2D eigenvalue weighted by Gasteiger charge is -2.25. The summed E-state index contributed by atoms with van der Waals surface area (Å²) in [5.41, 5.74) is 0.732. The third-order valence-corrected chi connectivity index (χ3v) is 2.58. The average molecular weight is 229 g/mol. The van der Waals surface area contributed by atoms with E-state index in [0.29, 0.717) is 6.42 Å². The molecule has 0 aliphatic rings. The van der Waals surface area contributed by atoms with Gasteiger partial charge >= 0.3 is 0 Å². The number of hydrogen-bond acceptors (Lipinski definition) is 3. The Labute approximate surface area is 101 Å². The van der Waals surface area contributed by atoms with Gasteiger partial charge < -0.3 is 4.42 Å². The summed E-state index contributed by atoms with van der Waals surface area (Å²) in [5.74, 6) is 0.719. The van der Waals surface area contributed by atoms with Crippen molar-refractivity contribution in [2.75, 3.05) is 5.06 Å². The predicted molar refractivity (Wildman–Crippen MR) is 67.0 cm³/mol. The maximum Gasteiger partial charge on any atom is 0.129 e. The van der Waals surface area contributed by atoms with Gasteiger partial charge in [0.2, 0.25) is 0 Å². The maximum atomic E-state index is 10.2. The Bertz CT molecular complexity index is 450. The van der Waals surface area contributed by atoms with Crippen LogP contribution < -0.4 is 5.06 Å². The van der Waals surface area contributed by atoms with Crippen LogP contribution in [0.2, 0.25) is 0 Å². The van der Waals surface area contributed by atoms with Crippen LogP contribution in [0, 0.1) is 0 Å². The summed E-state index contributed by atoms with van der Waals surface area (Å²) >= 11 is 0. The average Bonchev–Trinajstić information content (AvgIpc) is 2.90. The van der Waals surface area contributed by atoms with E-state index >= 15 is 0 Å². The lowest BCUT2D eigenvalue weighted by atomic mass is 10.1. The Kier molecular flexibility index (Phi) is 3.62. The first-order valence-electron chi connectivity index (χ1n) is 5.50. The zero-order valence-corrected chi connectivity index (χ0v) is 9.49. The number of hydrogen-bond donors (Lipinski definition) is 1. The second kappa shape index (κ2) is 5.37. The third-order valence-electron chi connectivity index (χ3n) is 2.58. The van der Waals surface area contributed by atoms with Gasteiger partial charge in [0.25, 0.3) is 0 Å². The van der Waals surface area contributed by atoms with E-state index in [4.69, 9.17) is 4.42 Å². The van der Waals surface area contributed by atoms with Gasteiger partial charge in [-0.15, -0.1) is 6.58 Å². The fourth-order valence-electron chi connectivity index (χ4n) is 1.74. The molecule has 3 nitrogen and oxygen atoms in total. The van der Waals surface area contributed by atoms with Crippen molar-refractivity contribution in [1.82, 2.24) is 0 Å². The van der Waals surface area contributed by atoms with E-state index in [-0.39, 0.29) is 6.04 Å². The molecule has 3 heteroatoms. The lowest BCUT2D eigenvalue weighted by Crippen LogP contribution is -2.24. The molecule has 1 unspecified atom stereocenters. The van der Waals surface area contributed by atoms with E-state index < -0.39 is 0 Å². The van der Waals surface area contributed by atoms with Gasteiger partial charge in [-0.05, 0) is 30.7 Å². The molecule has 0 saturated heterocycles. The van der Waals surface area contributed by atoms with Crippen molar-refractivity contribution in [3.63, 3.8) is 0 Å². The Morgan fingerprint density at radius 1 is 1.24 bits per heavy atom. The van der Waals surface area contributed by atoms with Crippen molar-refractivity contribution >= 4 is 5.69 Å². The van der Waals surface area contributed by atoms with Gasteiger partial charge in [-0.3, -0.25) is 5.21 Å². The van der Waals surface area contributed by atoms with Crippen LogP contribution in [0.1, 0.15) is 18.2 Å². The molecule has 0 radical (unpaired) electrons. The second-order valence-electron chi connectivity index (χ2n) is 3.74. The molecule has 1 aromatic heterocycles. The highest BCUT2D eigenvalue weighted by Gasteiger charge is 2.20. The van der Waals surface area contributed by atoms with Gasteiger partial charge in [-0.1, -0.05) is 24.3 Å². The predicted octanol–water partition coefficient (Wildman–Crippen LogP) is 3.79. The number of nitrogens with zero attached hydrogens (tertiary/aromatic N) is 1. The van der Waals surface area contributed by atoms with E-state index in [1.807, 2.05) is 42.5 Å². The molecule has 0 fully saturated rings. The van der Waals surface area contributed by atoms with Crippen LogP contribution in [0.4, 0.5) is 5.69 Å². The van der Waals surface area contributed by atoms with Gasteiger partial charge in [0.05, 0.1) is 12.0 Å². The quantitative estimate of drug-likeness (QED) is 0.626. The summed E-state index contributed by atoms with van der Waals surface area (Å²) in [7, 11) is 0. The van der Waals surface area contributed by atoms with Crippen LogP contribution in [0.5, 0.6) is 0 Å². The number of anilines is 1. The highest BCUT2D eigenvalue weighted by molar-refractivity contribution is 5.44. The molecule has 0 spiro atoms. The molecule has 1 atom stereocenters. The van der Waals surface area contributed by atoms with Gasteiger partial charge in [0.1, 0.15) is 11.8 Å². The highest BCUT2D eigenvalue weighted by Crippen LogP contribution is 2.28. The molecule has 2 aromatic rings. The van der Waals surface area contributed by atoms with E-state index in [1.54, 1.807) is 12.3 Å². The van der Waals surface area contributed by atoms with E-state index in [1.165, 1.54) is 5.06 Å². The number of furan rings is 1. The van der Waals surface area contributed by atoms with Crippen molar-refractivity contribution in [3.05, 3.63) is 67.1 Å². The van der Waals surface area contributed by atoms with E-state index in [0.717, 1.165) is 11.4 Å². The molecule has 0 aliphatic heterocycles. The molecule has 1 heterocycles. The Hall–Kier alpha value is -2.00. The summed E-state index contributed by atoms with van der Waals surface area (Å²) in [5, 5.41) is 11.4. The number of benzene rings is 1. The maximum absolute atomic E-state index is 10.2. The van der Waals surface area contributed by atoms with Crippen LogP contribution in [0.15, 0.2) is 65.8 Å². The Morgan fingerprint density at radius 3 is 2.59 bits per heavy atom. The summed E-state index contributed by atoms with van der Waals surface area (Å²) in [6.07, 6.45) is 3.97. The first-order chi connectivity index (χ1) is 8.33. The van der Waals surface area contributed by atoms with Crippen LogP contribution in [0.3, 0.4) is 0 Å². The van der Waals surface area contributed by atoms with Crippen LogP contribution in [0.25, 0.3) is 0 Å². The summed E-state index contributed by atoms with van der Waals surface area (Å²) in [4.78, 5) is 0. The Morgan fingerprint density at radius 2 is 2.00 bits per heavy atom.